The Morgan fingerprint density at radius 1 is 1.33 bits per heavy atom. The van der Waals surface area contributed by atoms with E-state index in [4.69, 9.17) is 4.74 Å². The van der Waals surface area contributed by atoms with Crippen LogP contribution in [-0.2, 0) is 6.42 Å². The molecule has 7 heteroatoms. The van der Waals surface area contributed by atoms with Crippen LogP contribution in [0.25, 0.3) is 11.0 Å². The molecule has 146 valence electrons. The van der Waals surface area contributed by atoms with Gasteiger partial charge in [0.1, 0.15) is 11.3 Å². The SMILES string of the molecule is CCCCc1ccc(OC)c2nc(NC(=O)N3CCC(C)(O)CC3)cnc12. The highest BCUT2D eigenvalue weighted by atomic mass is 16.5. The number of carbonyl (C=O) groups is 1. The van der Waals surface area contributed by atoms with Gasteiger partial charge in [-0.25, -0.2) is 9.78 Å². The Hall–Kier alpha value is -2.41. The van der Waals surface area contributed by atoms with E-state index < -0.39 is 5.60 Å². The van der Waals surface area contributed by atoms with Crippen LogP contribution in [0.15, 0.2) is 18.3 Å². The Morgan fingerprint density at radius 2 is 2.07 bits per heavy atom. The topological polar surface area (TPSA) is 87.6 Å². The van der Waals surface area contributed by atoms with Crippen molar-refractivity contribution in [1.29, 1.82) is 0 Å². The molecular weight excluding hydrogens is 344 g/mol. The molecule has 1 aliphatic heterocycles. The molecule has 0 radical (unpaired) electrons. The second kappa shape index (κ2) is 8.08. The number of methoxy groups -OCH3 is 1. The molecule has 0 spiro atoms. The standard InChI is InChI=1S/C20H28N4O3/c1-4-5-6-14-7-8-15(27-3)18-17(14)21-13-16(22-18)23-19(25)24-11-9-20(2,26)10-12-24/h7-8,13,26H,4-6,9-12H2,1-3H3,(H,22,23,25). The molecule has 0 unspecified atom stereocenters. The third kappa shape index (κ3) is 4.47. The van der Waals surface area contributed by atoms with E-state index in [1.54, 1.807) is 25.1 Å². The van der Waals surface area contributed by atoms with Crippen molar-refractivity contribution in [2.45, 2.75) is 51.6 Å². The number of anilines is 1. The molecule has 3 rings (SSSR count). The van der Waals surface area contributed by atoms with Crippen molar-refractivity contribution >= 4 is 22.9 Å². The molecule has 1 aromatic heterocycles. The molecule has 0 bridgehead atoms. The average Bonchev–Trinajstić information content (AvgIpc) is 2.65. The first-order valence-electron chi connectivity index (χ1n) is 9.54. The Bertz CT molecular complexity index is 812. The molecule has 1 aliphatic rings. The van der Waals surface area contributed by atoms with Gasteiger partial charge < -0.3 is 14.7 Å². The number of aryl methyl sites for hydroxylation is 1. The second-order valence-electron chi connectivity index (χ2n) is 7.40. The first kappa shape index (κ1) is 19.4. The second-order valence-corrected chi connectivity index (χ2v) is 7.40. The molecule has 2 amide bonds. The summed E-state index contributed by atoms with van der Waals surface area (Å²) in [5.41, 5.74) is 1.92. The minimum Gasteiger partial charge on any atom is -0.494 e. The summed E-state index contributed by atoms with van der Waals surface area (Å²) in [5, 5.41) is 12.9. The van der Waals surface area contributed by atoms with Crippen molar-refractivity contribution in [1.82, 2.24) is 14.9 Å². The largest absolute Gasteiger partial charge is 0.494 e. The Balaban J connectivity index is 1.80. The zero-order chi connectivity index (χ0) is 19.4. The summed E-state index contributed by atoms with van der Waals surface area (Å²) in [5.74, 6) is 1.04. The van der Waals surface area contributed by atoms with Crippen LogP contribution < -0.4 is 10.1 Å². The highest BCUT2D eigenvalue weighted by Gasteiger charge is 2.29. The maximum absolute atomic E-state index is 12.5. The molecule has 0 aliphatic carbocycles. The molecule has 1 aromatic carbocycles. The fourth-order valence-corrected chi connectivity index (χ4v) is 3.30. The molecule has 2 aromatic rings. The van der Waals surface area contributed by atoms with E-state index in [9.17, 15) is 9.90 Å². The van der Waals surface area contributed by atoms with E-state index in [-0.39, 0.29) is 6.03 Å². The Kier molecular flexibility index (Phi) is 5.79. The number of likely N-dealkylation sites (tertiary alicyclic amines) is 1. The third-order valence-corrected chi connectivity index (χ3v) is 5.13. The van der Waals surface area contributed by atoms with Gasteiger partial charge in [-0.1, -0.05) is 19.4 Å². The van der Waals surface area contributed by atoms with Crippen molar-refractivity contribution < 1.29 is 14.6 Å². The molecule has 1 saturated heterocycles. The van der Waals surface area contributed by atoms with Crippen LogP contribution in [0.3, 0.4) is 0 Å². The van der Waals surface area contributed by atoms with Crippen molar-refractivity contribution in [2.24, 2.45) is 0 Å². The minimum absolute atomic E-state index is 0.222. The number of hydrogen-bond donors (Lipinski definition) is 2. The predicted octanol–water partition coefficient (Wildman–Crippen LogP) is 3.36. The van der Waals surface area contributed by atoms with Crippen molar-refractivity contribution in [3.05, 3.63) is 23.9 Å². The molecular formula is C20H28N4O3. The van der Waals surface area contributed by atoms with E-state index in [0.29, 0.717) is 43.0 Å². The summed E-state index contributed by atoms with van der Waals surface area (Å²) >= 11 is 0. The summed E-state index contributed by atoms with van der Waals surface area (Å²) in [7, 11) is 1.60. The maximum atomic E-state index is 12.5. The minimum atomic E-state index is -0.693. The van der Waals surface area contributed by atoms with Crippen LogP contribution in [-0.4, -0.2) is 51.8 Å². The van der Waals surface area contributed by atoms with Gasteiger partial charge in [0.05, 0.1) is 24.4 Å². The number of benzene rings is 1. The van der Waals surface area contributed by atoms with Gasteiger partial charge in [0.25, 0.3) is 0 Å². The number of aliphatic hydroxyl groups is 1. The first-order chi connectivity index (χ1) is 12.9. The van der Waals surface area contributed by atoms with E-state index >= 15 is 0 Å². The average molecular weight is 372 g/mol. The lowest BCUT2D eigenvalue weighted by atomic mass is 9.94. The molecule has 7 nitrogen and oxygen atoms in total. The summed E-state index contributed by atoms with van der Waals surface area (Å²) in [4.78, 5) is 23.3. The van der Waals surface area contributed by atoms with Gasteiger partial charge in [-0.3, -0.25) is 10.3 Å². The third-order valence-electron chi connectivity index (χ3n) is 5.13. The summed E-state index contributed by atoms with van der Waals surface area (Å²) in [6, 6.07) is 3.71. The number of nitrogens with zero attached hydrogens (tertiary/aromatic N) is 3. The van der Waals surface area contributed by atoms with Crippen LogP contribution in [0, 0.1) is 0 Å². The number of rotatable bonds is 5. The quantitative estimate of drug-likeness (QED) is 0.840. The van der Waals surface area contributed by atoms with Gasteiger partial charge in [-0.05, 0) is 44.2 Å². The Labute approximate surface area is 159 Å². The predicted molar refractivity (Wildman–Crippen MR) is 105 cm³/mol. The maximum Gasteiger partial charge on any atom is 0.323 e. The van der Waals surface area contributed by atoms with E-state index in [1.807, 2.05) is 12.1 Å². The number of aromatic nitrogens is 2. The van der Waals surface area contributed by atoms with Gasteiger partial charge in [-0.2, -0.15) is 0 Å². The van der Waals surface area contributed by atoms with E-state index in [1.165, 1.54) is 0 Å². The smallest absolute Gasteiger partial charge is 0.323 e. The number of carbonyl (C=O) groups excluding carboxylic acids is 1. The Morgan fingerprint density at radius 3 is 2.74 bits per heavy atom. The van der Waals surface area contributed by atoms with Gasteiger partial charge in [0.15, 0.2) is 5.82 Å². The number of hydrogen-bond acceptors (Lipinski definition) is 5. The summed E-state index contributed by atoms with van der Waals surface area (Å²) < 4.78 is 5.43. The lowest BCUT2D eigenvalue weighted by Gasteiger charge is -2.35. The number of unbranched alkanes of at least 4 members (excludes halogenated alkanes) is 1. The lowest BCUT2D eigenvalue weighted by molar-refractivity contribution is 0.00569. The van der Waals surface area contributed by atoms with Crippen LogP contribution in [0.4, 0.5) is 10.6 Å². The molecule has 2 N–H and O–H groups in total. The fraction of sp³-hybridized carbons (Fsp3) is 0.550. The van der Waals surface area contributed by atoms with Crippen molar-refractivity contribution in [2.75, 3.05) is 25.5 Å². The molecule has 0 atom stereocenters. The number of ether oxygens (including phenoxy) is 1. The van der Waals surface area contributed by atoms with E-state index in [2.05, 4.69) is 22.2 Å². The van der Waals surface area contributed by atoms with Crippen molar-refractivity contribution in [3.63, 3.8) is 0 Å². The monoisotopic (exact) mass is 372 g/mol. The van der Waals surface area contributed by atoms with Gasteiger partial charge in [0.2, 0.25) is 0 Å². The number of nitrogens with one attached hydrogen (secondary N) is 1. The normalized spacial score (nSPS) is 16.4. The van der Waals surface area contributed by atoms with Gasteiger partial charge in [0, 0.05) is 13.1 Å². The number of urea groups is 1. The molecule has 27 heavy (non-hydrogen) atoms. The van der Waals surface area contributed by atoms with E-state index in [0.717, 1.165) is 30.3 Å². The zero-order valence-corrected chi connectivity index (χ0v) is 16.3. The van der Waals surface area contributed by atoms with Crippen LogP contribution in [0.1, 0.15) is 45.1 Å². The highest BCUT2D eigenvalue weighted by Crippen LogP contribution is 2.28. The highest BCUT2D eigenvalue weighted by molar-refractivity contribution is 5.91. The number of piperidine rings is 1. The lowest BCUT2D eigenvalue weighted by Crippen LogP contribution is -2.46. The molecule has 2 heterocycles. The van der Waals surface area contributed by atoms with Crippen molar-refractivity contribution in [3.8, 4) is 5.75 Å². The van der Waals surface area contributed by atoms with Gasteiger partial charge >= 0.3 is 6.03 Å². The van der Waals surface area contributed by atoms with Crippen LogP contribution >= 0.6 is 0 Å². The summed E-state index contributed by atoms with van der Waals surface area (Å²) in [6.45, 7) is 5.00. The van der Waals surface area contributed by atoms with Crippen LogP contribution in [0.2, 0.25) is 0 Å². The summed E-state index contributed by atoms with van der Waals surface area (Å²) in [6.07, 6.45) is 5.86. The van der Waals surface area contributed by atoms with Gasteiger partial charge in [-0.15, -0.1) is 0 Å². The fourth-order valence-electron chi connectivity index (χ4n) is 3.30. The molecule has 0 saturated carbocycles. The first-order valence-corrected chi connectivity index (χ1v) is 9.54. The number of amides is 2. The zero-order valence-electron chi connectivity index (χ0n) is 16.3. The molecule has 1 fully saturated rings. The number of fused-ring (bicyclic) bond motifs is 1. The van der Waals surface area contributed by atoms with Crippen LogP contribution in [0.5, 0.6) is 5.75 Å².